The van der Waals surface area contributed by atoms with Crippen LogP contribution >= 0.6 is 0 Å². The normalized spacial score (nSPS) is 20.0. The Morgan fingerprint density at radius 1 is 1.10 bits per heavy atom. The van der Waals surface area contributed by atoms with Crippen molar-refractivity contribution in [3.8, 4) is 0 Å². The average molecular weight is 302 g/mol. The van der Waals surface area contributed by atoms with Crippen molar-refractivity contribution in [1.29, 1.82) is 0 Å². The van der Waals surface area contributed by atoms with Gasteiger partial charge in [0.2, 0.25) is 0 Å². The average Bonchev–Trinajstić information content (AvgIpc) is 2.51. The van der Waals surface area contributed by atoms with Gasteiger partial charge in [-0.1, -0.05) is 6.92 Å². The van der Waals surface area contributed by atoms with E-state index in [0.29, 0.717) is 26.4 Å². The first-order chi connectivity index (χ1) is 10.4. The summed E-state index contributed by atoms with van der Waals surface area (Å²) in [5, 5.41) is 3.54. The van der Waals surface area contributed by atoms with Gasteiger partial charge in [0.1, 0.15) is 0 Å². The summed E-state index contributed by atoms with van der Waals surface area (Å²) in [7, 11) is 1.68. The topological polar surface area (TPSA) is 43.0 Å². The molecule has 0 spiro atoms. The summed E-state index contributed by atoms with van der Waals surface area (Å²) < 4.78 is 15.9. The van der Waals surface area contributed by atoms with Crippen LogP contribution in [0.25, 0.3) is 0 Å². The van der Waals surface area contributed by atoms with Gasteiger partial charge in [0.05, 0.1) is 33.0 Å². The van der Waals surface area contributed by atoms with Crippen LogP contribution in [-0.2, 0) is 14.2 Å². The van der Waals surface area contributed by atoms with Crippen molar-refractivity contribution in [3.05, 3.63) is 0 Å². The quantitative estimate of drug-likeness (QED) is 0.521. The number of nitrogens with one attached hydrogen (secondary N) is 1. The van der Waals surface area contributed by atoms with E-state index in [1.165, 1.54) is 38.9 Å². The van der Waals surface area contributed by atoms with Crippen LogP contribution in [0.1, 0.15) is 26.2 Å². The van der Waals surface area contributed by atoms with Gasteiger partial charge < -0.3 is 24.4 Å². The van der Waals surface area contributed by atoms with E-state index >= 15 is 0 Å². The third kappa shape index (κ3) is 10.2. The minimum absolute atomic E-state index is 0.651. The largest absolute Gasteiger partial charge is 0.382 e. The zero-order valence-electron chi connectivity index (χ0n) is 13.9. The molecular weight excluding hydrogens is 268 g/mol. The van der Waals surface area contributed by atoms with Crippen molar-refractivity contribution in [2.24, 2.45) is 5.92 Å². The molecule has 1 heterocycles. The lowest BCUT2D eigenvalue weighted by atomic mass is 9.98. The summed E-state index contributed by atoms with van der Waals surface area (Å²) >= 11 is 0. The molecule has 5 heteroatoms. The Balaban J connectivity index is 1.94. The highest BCUT2D eigenvalue weighted by Crippen LogP contribution is 2.15. The van der Waals surface area contributed by atoms with Crippen molar-refractivity contribution < 1.29 is 14.2 Å². The molecule has 1 rings (SSSR count). The number of methoxy groups -OCH3 is 1. The Kier molecular flexibility index (Phi) is 12.1. The highest BCUT2D eigenvalue weighted by molar-refractivity contribution is 4.74. The molecule has 1 saturated heterocycles. The molecule has 0 amide bonds. The fourth-order valence-electron chi connectivity index (χ4n) is 2.66. The van der Waals surface area contributed by atoms with E-state index in [1.54, 1.807) is 7.11 Å². The summed E-state index contributed by atoms with van der Waals surface area (Å²) in [5.41, 5.74) is 0. The van der Waals surface area contributed by atoms with E-state index in [0.717, 1.165) is 25.6 Å². The van der Waals surface area contributed by atoms with Crippen molar-refractivity contribution >= 4 is 0 Å². The Hall–Kier alpha value is -0.200. The van der Waals surface area contributed by atoms with Gasteiger partial charge in [-0.2, -0.15) is 0 Å². The van der Waals surface area contributed by atoms with Gasteiger partial charge in [-0.25, -0.2) is 0 Å². The van der Waals surface area contributed by atoms with E-state index in [9.17, 15) is 0 Å². The van der Waals surface area contributed by atoms with E-state index in [4.69, 9.17) is 14.2 Å². The third-order valence-electron chi connectivity index (χ3n) is 3.82. The Labute approximate surface area is 130 Å². The number of likely N-dealkylation sites (tertiary alicyclic amines) is 1. The predicted molar refractivity (Wildman–Crippen MR) is 85.8 cm³/mol. The van der Waals surface area contributed by atoms with Crippen molar-refractivity contribution in [3.63, 3.8) is 0 Å². The maximum absolute atomic E-state index is 5.63. The number of hydrogen-bond donors (Lipinski definition) is 1. The highest BCUT2D eigenvalue weighted by atomic mass is 16.5. The van der Waals surface area contributed by atoms with Gasteiger partial charge in [0.25, 0.3) is 0 Å². The van der Waals surface area contributed by atoms with E-state index in [1.807, 2.05) is 0 Å². The van der Waals surface area contributed by atoms with Crippen molar-refractivity contribution in [2.75, 3.05) is 72.9 Å². The molecule has 0 aromatic carbocycles. The van der Waals surface area contributed by atoms with Crippen LogP contribution in [0.2, 0.25) is 0 Å². The smallest absolute Gasteiger partial charge is 0.0701 e. The van der Waals surface area contributed by atoms with Gasteiger partial charge in [-0.3, -0.25) is 0 Å². The first-order valence-electron chi connectivity index (χ1n) is 8.44. The molecule has 1 unspecified atom stereocenters. The lowest BCUT2D eigenvalue weighted by Gasteiger charge is -2.32. The van der Waals surface area contributed by atoms with Crippen LogP contribution in [-0.4, -0.2) is 77.8 Å². The molecule has 1 N–H and O–H groups in total. The number of piperidine rings is 1. The van der Waals surface area contributed by atoms with Crippen molar-refractivity contribution in [2.45, 2.75) is 26.2 Å². The molecule has 0 aliphatic carbocycles. The van der Waals surface area contributed by atoms with Gasteiger partial charge >= 0.3 is 0 Å². The van der Waals surface area contributed by atoms with Crippen LogP contribution in [0, 0.1) is 5.92 Å². The van der Waals surface area contributed by atoms with E-state index < -0.39 is 0 Å². The zero-order valence-corrected chi connectivity index (χ0v) is 13.9. The van der Waals surface area contributed by atoms with Crippen molar-refractivity contribution in [1.82, 2.24) is 10.2 Å². The zero-order chi connectivity index (χ0) is 15.2. The molecule has 126 valence electrons. The summed E-state index contributed by atoms with van der Waals surface area (Å²) in [5.74, 6) is 0.808. The van der Waals surface area contributed by atoms with E-state index in [-0.39, 0.29) is 0 Å². The number of ether oxygens (including phenoxy) is 3. The maximum atomic E-state index is 5.63. The van der Waals surface area contributed by atoms with Gasteiger partial charge in [-0.15, -0.1) is 0 Å². The second-order valence-corrected chi connectivity index (χ2v) is 5.73. The second kappa shape index (κ2) is 13.5. The molecule has 0 aromatic rings. The lowest BCUT2D eigenvalue weighted by Crippen LogP contribution is -2.41. The number of rotatable bonds is 13. The summed E-state index contributed by atoms with van der Waals surface area (Å²) in [6, 6.07) is 0. The molecule has 0 aromatic heterocycles. The van der Waals surface area contributed by atoms with Gasteiger partial charge in [0, 0.05) is 20.2 Å². The molecule has 5 nitrogen and oxygen atoms in total. The fourth-order valence-corrected chi connectivity index (χ4v) is 2.66. The minimum atomic E-state index is 0.651. The molecule has 1 atom stereocenters. The highest BCUT2D eigenvalue weighted by Gasteiger charge is 2.18. The van der Waals surface area contributed by atoms with Crippen LogP contribution in [0.15, 0.2) is 0 Å². The summed E-state index contributed by atoms with van der Waals surface area (Å²) in [6.45, 7) is 11.5. The van der Waals surface area contributed by atoms with Gasteiger partial charge in [0.15, 0.2) is 0 Å². The standard InChI is InChI=1S/C16H34N2O3/c1-3-6-17-14-16-5-4-7-18(15-16)8-9-20-12-13-21-11-10-19-2/h16-17H,3-15H2,1-2H3. The summed E-state index contributed by atoms with van der Waals surface area (Å²) in [6.07, 6.45) is 3.90. The molecule has 0 radical (unpaired) electrons. The monoisotopic (exact) mass is 302 g/mol. The SMILES string of the molecule is CCCNCC1CCCN(CCOCCOCCOC)C1. The first-order valence-corrected chi connectivity index (χ1v) is 8.44. The van der Waals surface area contributed by atoms with Crippen LogP contribution in [0.3, 0.4) is 0 Å². The maximum Gasteiger partial charge on any atom is 0.0701 e. The molecular formula is C16H34N2O3. The number of hydrogen-bond acceptors (Lipinski definition) is 5. The van der Waals surface area contributed by atoms with E-state index in [2.05, 4.69) is 17.1 Å². The van der Waals surface area contributed by atoms with Crippen LogP contribution in [0.5, 0.6) is 0 Å². The van der Waals surface area contributed by atoms with Crippen LogP contribution < -0.4 is 5.32 Å². The Bertz CT molecular complexity index is 230. The molecule has 0 bridgehead atoms. The predicted octanol–water partition coefficient (Wildman–Crippen LogP) is 1.38. The lowest BCUT2D eigenvalue weighted by molar-refractivity contribution is 0.0167. The molecule has 1 aliphatic rings. The third-order valence-corrected chi connectivity index (χ3v) is 3.82. The molecule has 21 heavy (non-hydrogen) atoms. The molecule has 0 saturated carbocycles. The first kappa shape index (κ1) is 18.8. The fraction of sp³-hybridized carbons (Fsp3) is 1.00. The summed E-state index contributed by atoms with van der Waals surface area (Å²) in [4.78, 5) is 2.54. The Morgan fingerprint density at radius 2 is 1.86 bits per heavy atom. The molecule has 1 fully saturated rings. The second-order valence-electron chi connectivity index (χ2n) is 5.73. The Morgan fingerprint density at radius 3 is 2.62 bits per heavy atom. The minimum Gasteiger partial charge on any atom is -0.382 e. The van der Waals surface area contributed by atoms with Gasteiger partial charge in [-0.05, 0) is 44.8 Å². The van der Waals surface area contributed by atoms with Crippen LogP contribution in [0.4, 0.5) is 0 Å². The number of nitrogens with zero attached hydrogens (tertiary/aromatic N) is 1. The molecule has 1 aliphatic heterocycles.